The Morgan fingerprint density at radius 2 is 1.87 bits per heavy atom. The molecule has 0 amide bonds. The van der Waals surface area contributed by atoms with Crippen LogP contribution in [0.5, 0.6) is 0 Å². The Morgan fingerprint density at radius 1 is 1.10 bits per heavy atom. The standard InChI is InChI=1S/C24H17N3O2S/c1-29-24(28)20-10-4-5-12-21(20)26-14-17(13-25)23-27-22(15-30-23)19-11-6-8-16-7-2-3-9-18(16)19/h2-12,14-15,26H,1H3. The van der Waals surface area contributed by atoms with E-state index in [2.05, 4.69) is 34.6 Å². The van der Waals surface area contributed by atoms with Gasteiger partial charge in [0.15, 0.2) is 0 Å². The number of benzene rings is 3. The maximum Gasteiger partial charge on any atom is 0.339 e. The Labute approximate surface area is 177 Å². The first-order valence-electron chi connectivity index (χ1n) is 9.19. The van der Waals surface area contributed by atoms with Crippen LogP contribution in [-0.2, 0) is 4.74 Å². The van der Waals surface area contributed by atoms with E-state index in [0.717, 1.165) is 22.0 Å². The number of anilines is 1. The van der Waals surface area contributed by atoms with Gasteiger partial charge in [0.05, 0.1) is 24.1 Å². The first-order chi connectivity index (χ1) is 14.7. The minimum absolute atomic E-state index is 0.381. The lowest BCUT2D eigenvalue weighted by Gasteiger charge is -2.07. The molecule has 5 nitrogen and oxygen atoms in total. The van der Waals surface area contributed by atoms with Crippen LogP contribution in [0.15, 0.2) is 78.3 Å². The third-order valence-corrected chi connectivity index (χ3v) is 5.50. The van der Waals surface area contributed by atoms with E-state index in [-0.39, 0.29) is 0 Å². The van der Waals surface area contributed by atoms with Crippen molar-refractivity contribution >= 4 is 39.3 Å². The Bertz CT molecular complexity index is 1300. The van der Waals surface area contributed by atoms with Crippen molar-refractivity contribution in [1.29, 1.82) is 5.26 Å². The number of nitrogens with one attached hydrogen (secondary N) is 1. The second kappa shape index (κ2) is 8.60. The van der Waals surface area contributed by atoms with Gasteiger partial charge in [-0.3, -0.25) is 0 Å². The van der Waals surface area contributed by atoms with Crippen LogP contribution in [0.1, 0.15) is 15.4 Å². The number of ether oxygens (including phenoxy) is 1. The summed E-state index contributed by atoms with van der Waals surface area (Å²) in [5.41, 5.74) is 3.18. The molecule has 4 rings (SSSR count). The van der Waals surface area contributed by atoms with Gasteiger partial charge in [0.1, 0.15) is 16.6 Å². The lowest BCUT2D eigenvalue weighted by molar-refractivity contribution is 0.0602. The van der Waals surface area contributed by atoms with Gasteiger partial charge in [-0.15, -0.1) is 11.3 Å². The first-order valence-corrected chi connectivity index (χ1v) is 10.1. The van der Waals surface area contributed by atoms with Crippen molar-refractivity contribution in [3.63, 3.8) is 0 Å². The number of hydrogen-bond donors (Lipinski definition) is 1. The molecule has 0 radical (unpaired) electrons. The van der Waals surface area contributed by atoms with Crippen molar-refractivity contribution in [3.8, 4) is 17.3 Å². The van der Waals surface area contributed by atoms with E-state index in [4.69, 9.17) is 4.74 Å². The van der Waals surface area contributed by atoms with Gasteiger partial charge in [-0.1, -0.05) is 54.6 Å². The number of carbonyl (C=O) groups excluding carboxylic acids is 1. The molecule has 0 atom stereocenters. The van der Waals surface area contributed by atoms with E-state index >= 15 is 0 Å². The second-order valence-corrected chi connectivity index (χ2v) is 7.27. The third kappa shape index (κ3) is 3.79. The van der Waals surface area contributed by atoms with Crippen LogP contribution in [0.25, 0.3) is 27.6 Å². The molecule has 0 saturated heterocycles. The summed E-state index contributed by atoms with van der Waals surface area (Å²) < 4.78 is 4.81. The Balaban J connectivity index is 1.65. The van der Waals surface area contributed by atoms with Crippen molar-refractivity contribution in [2.45, 2.75) is 0 Å². The molecule has 0 aliphatic heterocycles. The molecule has 0 fully saturated rings. The highest BCUT2D eigenvalue weighted by atomic mass is 32.1. The van der Waals surface area contributed by atoms with Crippen molar-refractivity contribution in [2.24, 2.45) is 0 Å². The van der Waals surface area contributed by atoms with E-state index in [0.29, 0.717) is 21.8 Å². The SMILES string of the molecule is COC(=O)c1ccccc1NC=C(C#N)c1nc(-c2cccc3ccccc23)cs1. The zero-order valence-corrected chi connectivity index (χ0v) is 16.9. The maximum absolute atomic E-state index is 11.9. The Kier molecular flexibility index (Phi) is 5.55. The average molecular weight is 411 g/mol. The topological polar surface area (TPSA) is 75.0 Å². The van der Waals surface area contributed by atoms with Crippen LogP contribution in [0, 0.1) is 11.3 Å². The number of esters is 1. The van der Waals surface area contributed by atoms with Gasteiger partial charge in [-0.05, 0) is 22.9 Å². The summed E-state index contributed by atoms with van der Waals surface area (Å²) in [6, 6.07) is 23.4. The summed E-state index contributed by atoms with van der Waals surface area (Å²) >= 11 is 1.40. The fourth-order valence-electron chi connectivity index (χ4n) is 3.16. The second-order valence-electron chi connectivity index (χ2n) is 6.42. The Morgan fingerprint density at radius 3 is 2.70 bits per heavy atom. The number of aromatic nitrogens is 1. The molecule has 4 aromatic rings. The van der Waals surface area contributed by atoms with Gasteiger partial charge in [0.25, 0.3) is 0 Å². The van der Waals surface area contributed by atoms with Gasteiger partial charge in [0, 0.05) is 17.1 Å². The largest absolute Gasteiger partial charge is 0.465 e. The number of hydrogen-bond acceptors (Lipinski definition) is 6. The number of rotatable bonds is 5. The normalized spacial score (nSPS) is 11.1. The first kappa shape index (κ1) is 19.4. The van der Waals surface area contributed by atoms with E-state index in [1.54, 1.807) is 30.5 Å². The molecule has 30 heavy (non-hydrogen) atoms. The lowest BCUT2D eigenvalue weighted by Crippen LogP contribution is -2.05. The molecular weight excluding hydrogens is 394 g/mol. The molecule has 1 aromatic heterocycles. The summed E-state index contributed by atoms with van der Waals surface area (Å²) in [5.74, 6) is -0.447. The van der Waals surface area contributed by atoms with Crippen molar-refractivity contribution in [1.82, 2.24) is 4.98 Å². The summed E-state index contributed by atoms with van der Waals surface area (Å²) in [4.78, 5) is 16.6. The highest BCUT2D eigenvalue weighted by Gasteiger charge is 2.13. The third-order valence-electron chi connectivity index (χ3n) is 4.63. The molecule has 0 bridgehead atoms. The molecule has 0 saturated carbocycles. The highest BCUT2D eigenvalue weighted by molar-refractivity contribution is 7.11. The monoisotopic (exact) mass is 411 g/mol. The molecule has 0 aliphatic rings. The summed E-state index contributed by atoms with van der Waals surface area (Å²) in [6.07, 6.45) is 1.56. The minimum Gasteiger partial charge on any atom is -0.465 e. The molecule has 1 heterocycles. The van der Waals surface area contributed by atoms with Gasteiger partial charge in [-0.2, -0.15) is 5.26 Å². The van der Waals surface area contributed by atoms with Crippen LogP contribution >= 0.6 is 11.3 Å². The van der Waals surface area contributed by atoms with Crippen LogP contribution in [0.3, 0.4) is 0 Å². The van der Waals surface area contributed by atoms with Crippen LogP contribution in [-0.4, -0.2) is 18.1 Å². The minimum atomic E-state index is -0.447. The van der Waals surface area contributed by atoms with Crippen LogP contribution in [0.4, 0.5) is 5.69 Å². The number of para-hydroxylation sites is 1. The number of carbonyl (C=O) groups is 1. The van der Waals surface area contributed by atoms with Crippen LogP contribution in [0.2, 0.25) is 0 Å². The fraction of sp³-hybridized carbons (Fsp3) is 0.0417. The van der Waals surface area contributed by atoms with Crippen molar-refractivity contribution in [2.75, 3.05) is 12.4 Å². The lowest BCUT2D eigenvalue weighted by atomic mass is 10.0. The molecule has 0 spiro atoms. The predicted molar refractivity (Wildman–Crippen MR) is 120 cm³/mol. The zero-order chi connectivity index (χ0) is 20.9. The quantitative estimate of drug-likeness (QED) is 0.335. The molecular formula is C24H17N3O2S. The van der Waals surface area contributed by atoms with E-state index < -0.39 is 5.97 Å². The van der Waals surface area contributed by atoms with E-state index in [1.807, 2.05) is 29.6 Å². The van der Waals surface area contributed by atoms with Crippen molar-refractivity contribution < 1.29 is 9.53 Å². The smallest absolute Gasteiger partial charge is 0.339 e. The molecule has 0 unspecified atom stereocenters. The van der Waals surface area contributed by atoms with E-state index in [9.17, 15) is 10.1 Å². The summed E-state index contributed by atoms with van der Waals surface area (Å²) in [7, 11) is 1.33. The van der Waals surface area contributed by atoms with Gasteiger partial charge >= 0.3 is 5.97 Å². The average Bonchev–Trinajstić information content (AvgIpc) is 3.28. The van der Waals surface area contributed by atoms with E-state index in [1.165, 1.54) is 18.4 Å². The number of nitriles is 1. The molecule has 1 N–H and O–H groups in total. The zero-order valence-electron chi connectivity index (χ0n) is 16.1. The number of nitrogens with zero attached hydrogens (tertiary/aromatic N) is 2. The maximum atomic E-state index is 11.9. The number of methoxy groups -OCH3 is 1. The van der Waals surface area contributed by atoms with Gasteiger partial charge in [-0.25, -0.2) is 9.78 Å². The fourth-order valence-corrected chi connectivity index (χ4v) is 3.94. The van der Waals surface area contributed by atoms with Gasteiger partial charge in [0.2, 0.25) is 0 Å². The molecule has 6 heteroatoms. The highest BCUT2D eigenvalue weighted by Crippen LogP contribution is 2.31. The predicted octanol–water partition coefficient (Wildman–Crippen LogP) is 5.73. The van der Waals surface area contributed by atoms with Gasteiger partial charge < -0.3 is 10.1 Å². The molecule has 0 aliphatic carbocycles. The van der Waals surface area contributed by atoms with Crippen molar-refractivity contribution in [3.05, 3.63) is 88.9 Å². The summed E-state index contributed by atoms with van der Waals surface area (Å²) in [6.45, 7) is 0. The summed E-state index contributed by atoms with van der Waals surface area (Å²) in [5, 5.41) is 17.5. The molecule has 146 valence electrons. The van der Waals surface area contributed by atoms with Crippen LogP contribution < -0.4 is 5.32 Å². The number of thiazole rings is 1. The number of fused-ring (bicyclic) bond motifs is 1. The Hall–Kier alpha value is -3.95. The molecule has 3 aromatic carbocycles. The number of allylic oxidation sites excluding steroid dienone is 1.